The van der Waals surface area contributed by atoms with Crippen LogP contribution < -0.4 is 9.64 Å². The first-order valence-corrected chi connectivity index (χ1v) is 10.2. The zero-order chi connectivity index (χ0) is 21.2. The summed E-state index contributed by atoms with van der Waals surface area (Å²) in [6.07, 6.45) is 1.64. The fraction of sp³-hybridized carbons (Fsp3) is 0.217. The number of benzene rings is 2. The van der Waals surface area contributed by atoms with Gasteiger partial charge in [0.05, 0.1) is 30.2 Å². The molecule has 156 valence electrons. The largest absolute Gasteiger partial charge is 0.497 e. The number of aromatic amines is 1. The van der Waals surface area contributed by atoms with Gasteiger partial charge in [-0.1, -0.05) is 0 Å². The van der Waals surface area contributed by atoms with Crippen LogP contribution in [0.15, 0.2) is 60.9 Å². The molecule has 5 rings (SSSR count). The van der Waals surface area contributed by atoms with Gasteiger partial charge in [-0.3, -0.25) is 4.79 Å². The van der Waals surface area contributed by atoms with Crippen LogP contribution in [0.2, 0.25) is 0 Å². The highest BCUT2D eigenvalue weighted by atomic mass is 16.5. The number of carbonyl (C=O) groups excluding carboxylic acids is 1. The van der Waals surface area contributed by atoms with E-state index >= 15 is 0 Å². The number of carbonyl (C=O) groups is 1. The second-order valence-electron chi connectivity index (χ2n) is 7.42. The maximum Gasteiger partial charge on any atom is 0.254 e. The molecule has 3 heterocycles. The highest BCUT2D eigenvalue weighted by molar-refractivity contribution is 5.97. The minimum absolute atomic E-state index is 0.0390. The van der Waals surface area contributed by atoms with Crippen molar-refractivity contribution in [3.05, 3.63) is 66.5 Å². The molecule has 1 fully saturated rings. The van der Waals surface area contributed by atoms with E-state index in [0.717, 1.165) is 33.9 Å². The van der Waals surface area contributed by atoms with Crippen molar-refractivity contribution < 1.29 is 9.53 Å². The van der Waals surface area contributed by atoms with Gasteiger partial charge in [-0.25, -0.2) is 4.98 Å². The summed E-state index contributed by atoms with van der Waals surface area (Å²) in [5, 5.41) is 8.79. The summed E-state index contributed by atoms with van der Waals surface area (Å²) in [4.78, 5) is 24.2. The Morgan fingerprint density at radius 1 is 0.968 bits per heavy atom. The minimum Gasteiger partial charge on any atom is -0.497 e. The summed E-state index contributed by atoms with van der Waals surface area (Å²) in [7, 11) is 1.65. The highest BCUT2D eigenvalue weighted by Gasteiger charge is 2.23. The lowest BCUT2D eigenvalue weighted by atomic mass is 10.1. The van der Waals surface area contributed by atoms with Gasteiger partial charge in [-0.15, -0.1) is 10.2 Å². The quantitative estimate of drug-likeness (QED) is 0.552. The third-order valence-corrected chi connectivity index (χ3v) is 5.59. The number of amides is 1. The number of nitrogens with zero attached hydrogens (tertiary/aromatic N) is 5. The predicted octanol–water partition coefficient (Wildman–Crippen LogP) is 2.99. The van der Waals surface area contributed by atoms with Gasteiger partial charge >= 0.3 is 0 Å². The number of piperazine rings is 1. The van der Waals surface area contributed by atoms with E-state index in [1.807, 2.05) is 59.5 Å². The number of rotatable bonds is 4. The van der Waals surface area contributed by atoms with E-state index in [1.165, 1.54) is 0 Å². The smallest absolute Gasteiger partial charge is 0.254 e. The van der Waals surface area contributed by atoms with Crippen molar-refractivity contribution in [3.8, 4) is 17.0 Å². The van der Waals surface area contributed by atoms with Crippen molar-refractivity contribution in [2.75, 3.05) is 38.2 Å². The molecule has 0 radical (unpaired) electrons. The standard InChI is InChI=1S/C23H22N6O2/c1-31-18-5-2-16(3-6-18)19-8-9-22(27-26-19)28-10-12-29(13-11-28)23(30)17-4-7-20-21(14-17)25-15-24-20/h2-9,14-15H,10-13H2,1H3,(H,24,25). The molecule has 1 N–H and O–H groups in total. The first-order chi connectivity index (χ1) is 15.2. The van der Waals surface area contributed by atoms with Crippen LogP contribution in [-0.2, 0) is 0 Å². The fourth-order valence-corrected chi connectivity index (χ4v) is 3.80. The van der Waals surface area contributed by atoms with E-state index in [-0.39, 0.29) is 5.91 Å². The van der Waals surface area contributed by atoms with Crippen molar-refractivity contribution in [3.63, 3.8) is 0 Å². The molecule has 2 aromatic heterocycles. The van der Waals surface area contributed by atoms with Crippen LogP contribution >= 0.6 is 0 Å². The lowest BCUT2D eigenvalue weighted by Crippen LogP contribution is -2.49. The molecule has 0 unspecified atom stereocenters. The summed E-state index contributed by atoms with van der Waals surface area (Å²) >= 11 is 0. The van der Waals surface area contributed by atoms with Gasteiger partial charge in [0.1, 0.15) is 5.75 Å². The van der Waals surface area contributed by atoms with Crippen LogP contribution in [0.4, 0.5) is 5.82 Å². The van der Waals surface area contributed by atoms with Crippen molar-refractivity contribution in [2.45, 2.75) is 0 Å². The van der Waals surface area contributed by atoms with Crippen LogP contribution in [0.25, 0.3) is 22.3 Å². The van der Waals surface area contributed by atoms with E-state index < -0.39 is 0 Å². The van der Waals surface area contributed by atoms with E-state index in [0.29, 0.717) is 31.7 Å². The molecule has 1 amide bonds. The van der Waals surface area contributed by atoms with Crippen molar-refractivity contribution in [1.82, 2.24) is 25.1 Å². The summed E-state index contributed by atoms with van der Waals surface area (Å²) in [5.74, 6) is 1.67. The van der Waals surface area contributed by atoms with Gasteiger partial charge in [0.15, 0.2) is 5.82 Å². The molecule has 0 saturated carbocycles. The lowest BCUT2D eigenvalue weighted by Gasteiger charge is -2.35. The second-order valence-corrected chi connectivity index (χ2v) is 7.42. The Morgan fingerprint density at radius 3 is 2.48 bits per heavy atom. The second kappa shape index (κ2) is 8.06. The molecule has 8 nitrogen and oxygen atoms in total. The lowest BCUT2D eigenvalue weighted by molar-refractivity contribution is 0.0746. The normalized spacial score (nSPS) is 14.1. The van der Waals surface area contributed by atoms with Crippen molar-refractivity contribution >= 4 is 22.8 Å². The van der Waals surface area contributed by atoms with E-state index in [2.05, 4.69) is 25.1 Å². The molecule has 0 atom stereocenters. The monoisotopic (exact) mass is 414 g/mol. The van der Waals surface area contributed by atoms with Gasteiger partial charge in [0, 0.05) is 37.3 Å². The Morgan fingerprint density at radius 2 is 1.77 bits per heavy atom. The number of imidazole rings is 1. The average molecular weight is 414 g/mol. The molecule has 31 heavy (non-hydrogen) atoms. The van der Waals surface area contributed by atoms with E-state index in [4.69, 9.17) is 4.74 Å². The summed E-state index contributed by atoms with van der Waals surface area (Å²) < 4.78 is 5.20. The summed E-state index contributed by atoms with van der Waals surface area (Å²) in [6.45, 7) is 2.72. The van der Waals surface area contributed by atoms with Gasteiger partial charge in [0.2, 0.25) is 0 Å². The topological polar surface area (TPSA) is 87.2 Å². The number of methoxy groups -OCH3 is 1. The van der Waals surface area contributed by atoms with Crippen LogP contribution in [0.5, 0.6) is 5.75 Å². The van der Waals surface area contributed by atoms with Crippen LogP contribution in [-0.4, -0.2) is 64.3 Å². The Kier molecular flexibility index (Phi) is 4.95. The third-order valence-electron chi connectivity index (χ3n) is 5.59. The van der Waals surface area contributed by atoms with Gasteiger partial charge < -0.3 is 19.5 Å². The Bertz CT molecular complexity index is 1190. The number of fused-ring (bicyclic) bond motifs is 1. The molecule has 1 aliphatic rings. The van der Waals surface area contributed by atoms with Gasteiger partial charge in [0.25, 0.3) is 5.91 Å². The van der Waals surface area contributed by atoms with E-state index in [9.17, 15) is 4.79 Å². The maximum atomic E-state index is 12.9. The predicted molar refractivity (Wildman–Crippen MR) is 118 cm³/mol. The van der Waals surface area contributed by atoms with Gasteiger partial charge in [-0.05, 0) is 54.6 Å². The minimum atomic E-state index is 0.0390. The molecule has 0 aliphatic carbocycles. The molecule has 4 aromatic rings. The Balaban J connectivity index is 1.23. The number of anilines is 1. The molecule has 1 saturated heterocycles. The molecule has 0 bridgehead atoms. The fourth-order valence-electron chi connectivity index (χ4n) is 3.80. The Hall–Kier alpha value is -3.94. The zero-order valence-electron chi connectivity index (χ0n) is 17.2. The third kappa shape index (κ3) is 3.79. The molecule has 1 aliphatic heterocycles. The molecule has 0 spiro atoms. The first kappa shape index (κ1) is 19.0. The van der Waals surface area contributed by atoms with Crippen LogP contribution in [0.3, 0.4) is 0 Å². The number of ether oxygens (including phenoxy) is 1. The van der Waals surface area contributed by atoms with E-state index in [1.54, 1.807) is 13.4 Å². The molecular formula is C23H22N6O2. The van der Waals surface area contributed by atoms with Crippen LogP contribution in [0.1, 0.15) is 10.4 Å². The number of hydrogen-bond donors (Lipinski definition) is 1. The maximum absolute atomic E-state index is 12.9. The van der Waals surface area contributed by atoms with Crippen molar-refractivity contribution in [1.29, 1.82) is 0 Å². The number of hydrogen-bond acceptors (Lipinski definition) is 6. The van der Waals surface area contributed by atoms with Crippen LogP contribution in [0, 0.1) is 0 Å². The molecular weight excluding hydrogens is 392 g/mol. The molecule has 8 heteroatoms. The SMILES string of the molecule is COc1ccc(-c2ccc(N3CCN(C(=O)c4ccc5nc[nH]c5c4)CC3)nn2)cc1. The number of nitrogens with one attached hydrogen (secondary N) is 1. The first-order valence-electron chi connectivity index (χ1n) is 10.2. The highest BCUT2D eigenvalue weighted by Crippen LogP contribution is 2.22. The number of aromatic nitrogens is 4. The number of H-pyrrole nitrogens is 1. The van der Waals surface area contributed by atoms with Crippen molar-refractivity contribution in [2.24, 2.45) is 0 Å². The van der Waals surface area contributed by atoms with Gasteiger partial charge in [-0.2, -0.15) is 0 Å². The summed E-state index contributed by atoms with van der Waals surface area (Å²) in [6, 6.07) is 17.3. The molecule has 2 aromatic carbocycles. The Labute approximate surface area is 179 Å². The zero-order valence-corrected chi connectivity index (χ0v) is 17.2. The average Bonchev–Trinajstić information content (AvgIpc) is 3.32. The summed E-state index contributed by atoms with van der Waals surface area (Å²) in [5.41, 5.74) is 4.21.